The van der Waals surface area contributed by atoms with Crippen LogP contribution in [0.25, 0.3) is 0 Å². The molecule has 0 radical (unpaired) electrons. The predicted molar refractivity (Wildman–Crippen MR) is 69.9 cm³/mol. The van der Waals surface area contributed by atoms with Gasteiger partial charge in [-0.05, 0) is 25.1 Å². The first-order valence-electron chi connectivity index (χ1n) is 5.35. The van der Waals surface area contributed by atoms with Crippen LogP contribution < -0.4 is 11.5 Å². The monoisotopic (exact) mass is 226 g/mol. The highest BCUT2D eigenvalue weighted by Crippen LogP contribution is 2.22. The van der Waals surface area contributed by atoms with Crippen molar-refractivity contribution in [1.82, 2.24) is 0 Å². The van der Waals surface area contributed by atoms with Crippen molar-refractivity contribution in [2.75, 3.05) is 11.5 Å². The van der Waals surface area contributed by atoms with Crippen molar-refractivity contribution >= 4 is 17.2 Å². The van der Waals surface area contributed by atoms with E-state index in [9.17, 15) is 4.79 Å². The van der Waals surface area contributed by atoms with Gasteiger partial charge in [0.1, 0.15) is 0 Å². The Balaban J connectivity index is 2.48. The summed E-state index contributed by atoms with van der Waals surface area (Å²) in [5.74, 6) is -0.0986. The quantitative estimate of drug-likeness (QED) is 0.610. The molecule has 0 aliphatic carbocycles. The summed E-state index contributed by atoms with van der Waals surface area (Å²) in [7, 11) is 0. The van der Waals surface area contributed by atoms with E-state index in [2.05, 4.69) is 0 Å². The minimum Gasteiger partial charge on any atom is -0.397 e. The second kappa shape index (κ2) is 4.29. The van der Waals surface area contributed by atoms with Gasteiger partial charge in [0.25, 0.3) is 0 Å². The molecule has 3 nitrogen and oxygen atoms in total. The molecule has 0 spiro atoms. The molecule has 2 rings (SSSR count). The number of hydrogen-bond donors (Lipinski definition) is 2. The fraction of sp³-hybridized carbons (Fsp3) is 0.0714. The average Bonchev–Trinajstić information content (AvgIpc) is 2.32. The maximum Gasteiger partial charge on any atom is 0.195 e. The van der Waals surface area contributed by atoms with E-state index < -0.39 is 0 Å². The van der Waals surface area contributed by atoms with Crippen LogP contribution >= 0.6 is 0 Å². The number of ketones is 1. The van der Waals surface area contributed by atoms with E-state index in [1.54, 1.807) is 24.3 Å². The molecule has 2 aromatic carbocycles. The predicted octanol–water partition coefficient (Wildman–Crippen LogP) is 2.39. The maximum absolute atomic E-state index is 12.2. The molecule has 0 heterocycles. The van der Waals surface area contributed by atoms with E-state index in [1.165, 1.54) is 0 Å². The molecule has 3 heteroatoms. The Morgan fingerprint density at radius 3 is 2.47 bits per heavy atom. The average molecular weight is 226 g/mol. The molecule has 17 heavy (non-hydrogen) atoms. The third kappa shape index (κ3) is 2.13. The summed E-state index contributed by atoms with van der Waals surface area (Å²) in [5.41, 5.74) is 14.4. The number of benzene rings is 2. The molecule has 0 unspecified atom stereocenters. The second-order valence-electron chi connectivity index (χ2n) is 4.01. The molecule has 0 amide bonds. The Morgan fingerprint density at radius 2 is 1.76 bits per heavy atom. The Bertz CT molecular complexity index is 576. The molecule has 2 aromatic rings. The number of carbonyl (C=O) groups excluding carboxylic acids is 1. The van der Waals surface area contributed by atoms with Gasteiger partial charge in [-0.2, -0.15) is 0 Å². The maximum atomic E-state index is 12.2. The number of anilines is 2. The summed E-state index contributed by atoms with van der Waals surface area (Å²) >= 11 is 0. The minimum atomic E-state index is -0.0986. The van der Waals surface area contributed by atoms with Crippen molar-refractivity contribution in [3.05, 3.63) is 59.2 Å². The van der Waals surface area contributed by atoms with E-state index in [-0.39, 0.29) is 5.78 Å². The van der Waals surface area contributed by atoms with Gasteiger partial charge in [0.05, 0.1) is 11.4 Å². The SMILES string of the molecule is Cc1cccc(C(=O)c2cccc(N)c2N)c1. The van der Waals surface area contributed by atoms with Crippen LogP contribution in [0.3, 0.4) is 0 Å². The number of hydrogen-bond acceptors (Lipinski definition) is 3. The van der Waals surface area contributed by atoms with Crippen LogP contribution in [0, 0.1) is 6.92 Å². The number of para-hydroxylation sites is 1. The molecule has 0 bridgehead atoms. The Morgan fingerprint density at radius 1 is 1.06 bits per heavy atom. The Hall–Kier alpha value is -2.29. The highest BCUT2D eigenvalue weighted by molar-refractivity contribution is 6.13. The lowest BCUT2D eigenvalue weighted by Gasteiger charge is -2.07. The molecule has 0 aliphatic rings. The van der Waals surface area contributed by atoms with Gasteiger partial charge in [0.2, 0.25) is 0 Å². The van der Waals surface area contributed by atoms with Crippen LogP contribution in [0.5, 0.6) is 0 Å². The number of aryl methyl sites for hydroxylation is 1. The molecule has 4 N–H and O–H groups in total. The van der Waals surface area contributed by atoms with Crippen molar-refractivity contribution < 1.29 is 4.79 Å². The van der Waals surface area contributed by atoms with Gasteiger partial charge in [-0.15, -0.1) is 0 Å². The lowest BCUT2D eigenvalue weighted by Crippen LogP contribution is -2.07. The van der Waals surface area contributed by atoms with Gasteiger partial charge in [0, 0.05) is 11.1 Å². The van der Waals surface area contributed by atoms with Crippen LogP contribution in [0.2, 0.25) is 0 Å². The summed E-state index contributed by atoms with van der Waals surface area (Å²) in [6, 6.07) is 12.5. The van der Waals surface area contributed by atoms with Crippen molar-refractivity contribution in [1.29, 1.82) is 0 Å². The summed E-state index contributed by atoms with van der Waals surface area (Å²) < 4.78 is 0. The number of carbonyl (C=O) groups is 1. The molecule has 0 atom stereocenters. The van der Waals surface area contributed by atoms with Gasteiger partial charge in [0.15, 0.2) is 5.78 Å². The van der Waals surface area contributed by atoms with Crippen molar-refractivity contribution in [2.24, 2.45) is 0 Å². The van der Waals surface area contributed by atoms with Crippen LogP contribution in [0.1, 0.15) is 21.5 Å². The zero-order chi connectivity index (χ0) is 12.4. The lowest BCUT2D eigenvalue weighted by molar-refractivity contribution is 0.103. The van der Waals surface area contributed by atoms with E-state index in [4.69, 9.17) is 11.5 Å². The first-order valence-corrected chi connectivity index (χ1v) is 5.35. The fourth-order valence-electron chi connectivity index (χ4n) is 1.72. The smallest absolute Gasteiger partial charge is 0.195 e. The molecule has 0 aliphatic heterocycles. The highest BCUT2D eigenvalue weighted by Gasteiger charge is 2.13. The fourth-order valence-corrected chi connectivity index (χ4v) is 1.72. The number of nitrogens with two attached hydrogens (primary N) is 2. The van der Waals surface area contributed by atoms with Crippen LogP contribution in [-0.2, 0) is 0 Å². The van der Waals surface area contributed by atoms with Crippen molar-refractivity contribution in [3.8, 4) is 0 Å². The van der Waals surface area contributed by atoms with Gasteiger partial charge in [-0.1, -0.05) is 29.8 Å². The molecule has 0 fully saturated rings. The number of nitrogen functional groups attached to an aromatic ring is 2. The molecule has 0 aromatic heterocycles. The normalized spacial score (nSPS) is 10.2. The largest absolute Gasteiger partial charge is 0.397 e. The first-order chi connectivity index (χ1) is 8.09. The van der Waals surface area contributed by atoms with Crippen LogP contribution in [0.15, 0.2) is 42.5 Å². The zero-order valence-electron chi connectivity index (χ0n) is 9.60. The van der Waals surface area contributed by atoms with Gasteiger partial charge < -0.3 is 11.5 Å². The van der Waals surface area contributed by atoms with Gasteiger partial charge in [-0.25, -0.2) is 0 Å². The van der Waals surface area contributed by atoms with Crippen LogP contribution in [0.4, 0.5) is 11.4 Å². The summed E-state index contributed by atoms with van der Waals surface area (Å²) in [5, 5.41) is 0. The Kier molecular flexibility index (Phi) is 2.83. The van der Waals surface area contributed by atoms with Crippen LogP contribution in [-0.4, -0.2) is 5.78 Å². The zero-order valence-corrected chi connectivity index (χ0v) is 9.60. The number of rotatable bonds is 2. The standard InChI is InChI=1S/C14H14N2O/c1-9-4-2-5-10(8-9)14(17)11-6-3-7-12(15)13(11)16/h2-8H,15-16H2,1H3. The topological polar surface area (TPSA) is 69.1 Å². The first kappa shape index (κ1) is 11.2. The van der Waals surface area contributed by atoms with E-state index in [0.29, 0.717) is 22.5 Å². The van der Waals surface area contributed by atoms with E-state index >= 15 is 0 Å². The third-order valence-corrected chi connectivity index (χ3v) is 2.66. The lowest BCUT2D eigenvalue weighted by atomic mass is 10.00. The van der Waals surface area contributed by atoms with Gasteiger partial charge >= 0.3 is 0 Å². The molecular weight excluding hydrogens is 212 g/mol. The molecule has 0 saturated heterocycles. The summed E-state index contributed by atoms with van der Waals surface area (Å²) in [4.78, 5) is 12.2. The molecule has 0 saturated carbocycles. The Labute approximate surface area is 100 Å². The summed E-state index contributed by atoms with van der Waals surface area (Å²) in [6.45, 7) is 1.94. The van der Waals surface area contributed by atoms with Crippen molar-refractivity contribution in [3.63, 3.8) is 0 Å². The molecule has 86 valence electrons. The van der Waals surface area contributed by atoms with Gasteiger partial charge in [-0.3, -0.25) is 4.79 Å². The minimum absolute atomic E-state index is 0.0986. The van der Waals surface area contributed by atoms with E-state index in [1.807, 2.05) is 25.1 Å². The third-order valence-electron chi connectivity index (χ3n) is 2.66. The highest BCUT2D eigenvalue weighted by atomic mass is 16.1. The second-order valence-corrected chi connectivity index (χ2v) is 4.01. The molecular formula is C14H14N2O. The summed E-state index contributed by atoms with van der Waals surface area (Å²) in [6.07, 6.45) is 0. The van der Waals surface area contributed by atoms with Crippen molar-refractivity contribution in [2.45, 2.75) is 6.92 Å². The van der Waals surface area contributed by atoms with E-state index in [0.717, 1.165) is 5.56 Å².